The Kier molecular flexibility index (Phi) is 3.23. The van der Waals surface area contributed by atoms with E-state index in [-0.39, 0.29) is 11.7 Å². The summed E-state index contributed by atoms with van der Waals surface area (Å²) in [5.41, 5.74) is 4.02. The van der Waals surface area contributed by atoms with Crippen molar-refractivity contribution in [2.24, 2.45) is 0 Å². The molecule has 96 valence electrons. The molecule has 2 nitrogen and oxygen atoms in total. The average molecular weight is 316 g/mol. The van der Waals surface area contributed by atoms with Gasteiger partial charge in [-0.15, -0.1) is 0 Å². The highest BCUT2D eigenvalue weighted by molar-refractivity contribution is 9.10. The molecule has 1 aromatic heterocycles. The molecule has 1 atom stereocenters. The van der Waals surface area contributed by atoms with Gasteiger partial charge in [-0.25, -0.2) is 0 Å². The second kappa shape index (κ2) is 4.89. The Balaban J connectivity index is 2.03. The van der Waals surface area contributed by atoms with E-state index in [0.717, 1.165) is 27.7 Å². The second-order valence-corrected chi connectivity index (χ2v) is 5.85. The van der Waals surface area contributed by atoms with Gasteiger partial charge in [0.1, 0.15) is 0 Å². The van der Waals surface area contributed by atoms with Crippen LogP contribution in [0.5, 0.6) is 0 Å². The van der Waals surface area contributed by atoms with Crippen LogP contribution in [-0.4, -0.2) is 10.8 Å². The maximum atomic E-state index is 12.3. The molecule has 0 N–H and O–H groups in total. The van der Waals surface area contributed by atoms with Gasteiger partial charge in [-0.2, -0.15) is 0 Å². The van der Waals surface area contributed by atoms with Gasteiger partial charge in [0.15, 0.2) is 5.78 Å². The number of halogens is 1. The van der Waals surface area contributed by atoms with Crippen LogP contribution in [0.4, 0.5) is 0 Å². The van der Waals surface area contributed by atoms with Gasteiger partial charge < -0.3 is 0 Å². The summed E-state index contributed by atoms with van der Waals surface area (Å²) in [7, 11) is 0. The molecule has 0 saturated carbocycles. The molecule has 0 amide bonds. The number of rotatable bonds is 1. The van der Waals surface area contributed by atoms with Crippen molar-refractivity contribution in [3.63, 3.8) is 0 Å². The largest absolute Gasteiger partial charge is 0.294 e. The Labute approximate surface area is 121 Å². The maximum absolute atomic E-state index is 12.3. The van der Waals surface area contributed by atoms with Gasteiger partial charge in [0.25, 0.3) is 0 Å². The predicted octanol–water partition coefficient (Wildman–Crippen LogP) is 4.07. The van der Waals surface area contributed by atoms with Crippen molar-refractivity contribution in [1.29, 1.82) is 0 Å². The Hall–Kier alpha value is -1.48. The molecule has 1 aliphatic carbocycles. The van der Waals surface area contributed by atoms with Crippen molar-refractivity contribution in [2.75, 3.05) is 0 Å². The standard InChI is InChI=1S/C16H14BrNO/c1-10-6-7-18-14-8-11(9-15(19)16(10)14)12-4-2-3-5-13(12)17/h2-7,11H,8-9H2,1H3/t11-/m1/s1. The van der Waals surface area contributed by atoms with Crippen molar-refractivity contribution in [3.05, 3.63) is 63.4 Å². The Morgan fingerprint density at radius 1 is 1.21 bits per heavy atom. The lowest BCUT2D eigenvalue weighted by Crippen LogP contribution is -2.21. The highest BCUT2D eigenvalue weighted by atomic mass is 79.9. The van der Waals surface area contributed by atoms with Gasteiger partial charge in [0.2, 0.25) is 0 Å². The molecule has 19 heavy (non-hydrogen) atoms. The fourth-order valence-electron chi connectivity index (χ4n) is 2.81. The highest BCUT2D eigenvalue weighted by Gasteiger charge is 2.29. The second-order valence-electron chi connectivity index (χ2n) is 5.00. The van der Waals surface area contributed by atoms with E-state index in [1.54, 1.807) is 6.20 Å². The van der Waals surface area contributed by atoms with Crippen molar-refractivity contribution < 1.29 is 4.79 Å². The minimum absolute atomic E-state index is 0.215. The number of benzene rings is 1. The van der Waals surface area contributed by atoms with Crippen molar-refractivity contribution >= 4 is 21.7 Å². The first-order valence-corrected chi connectivity index (χ1v) is 7.18. The third-order valence-corrected chi connectivity index (χ3v) is 4.46. The maximum Gasteiger partial charge on any atom is 0.165 e. The Morgan fingerprint density at radius 2 is 2.00 bits per heavy atom. The topological polar surface area (TPSA) is 30.0 Å². The molecular weight excluding hydrogens is 302 g/mol. The van der Waals surface area contributed by atoms with Gasteiger partial charge in [0, 0.05) is 22.7 Å². The summed E-state index contributed by atoms with van der Waals surface area (Å²) in [5.74, 6) is 0.442. The average Bonchev–Trinajstić information content (AvgIpc) is 2.39. The predicted molar refractivity (Wildman–Crippen MR) is 78.5 cm³/mol. The van der Waals surface area contributed by atoms with Crippen LogP contribution in [0.3, 0.4) is 0 Å². The molecule has 1 aliphatic rings. The van der Waals surface area contributed by atoms with Crippen molar-refractivity contribution in [2.45, 2.75) is 25.7 Å². The van der Waals surface area contributed by atoms with Crippen LogP contribution >= 0.6 is 15.9 Å². The minimum Gasteiger partial charge on any atom is -0.294 e. The number of carbonyl (C=O) groups is 1. The molecule has 0 bridgehead atoms. The molecular formula is C16H14BrNO. The van der Waals surface area contributed by atoms with E-state index in [9.17, 15) is 4.79 Å². The first-order valence-electron chi connectivity index (χ1n) is 6.39. The first-order chi connectivity index (χ1) is 9.16. The number of Topliss-reactive ketones (excluding diaryl/α,β-unsaturated/α-hetero) is 1. The molecule has 0 radical (unpaired) electrons. The van der Waals surface area contributed by atoms with Crippen LogP contribution in [0.15, 0.2) is 41.0 Å². The SMILES string of the molecule is Cc1ccnc2c1C(=O)C[C@H](c1ccccc1Br)C2. The summed E-state index contributed by atoms with van der Waals surface area (Å²) in [6, 6.07) is 10.0. The van der Waals surface area contributed by atoms with Gasteiger partial charge in [-0.3, -0.25) is 9.78 Å². The third-order valence-electron chi connectivity index (χ3n) is 3.73. The lowest BCUT2D eigenvalue weighted by Gasteiger charge is -2.25. The molecule has 0 saturated heterocycles. The zero-order valence-electron chi connectivity index (χ0n) is 10.7. The summed E-state index contributed by atoms with van der Waals surface area (Å²) >= 11 is 3.57. The van der Waals surface area contributed by atoms with Gasteiger partial charge in [-0.05, 0) is 42.5 Å². The van der Waals surface area contributed by atoms with E-state index in [1.807, 2.05) is 31.2 Å². The van der Waals surface area contributed by atoms with Crippen LogP contribution < -0.4 is 0 Å². The molecule has 0 unspecified atom stereocenters. The third kappa shape index (κ3) is 2.23. The number of fused-ring (bicyclic) bond motifs is 1. The molecule has 0 spiro atoms. The quantitative estimate of drug-likeness (QED) is 0.794. The number of aromatic nitrogens is 1. The fourth-order valence-corrected chi connectivity index (χ4v) is 3.42. The summed E-state index contributed by atoms with van der Waals surface area (Å²) in [5, 5.41) is 0. The van der Waals surface area contributed by atoms with Crippen LogP contribution in [0.2, 0.25) is 0 Å². The van der Waals surface area contributed by atoms with E-state index >= 15 is 0 Å². The number of aryl methyl sites for hydroxylation is 1. The van der Waals surface area contributed by atoms with Gasteiger partial charge in [-0.1, -0.05) is 34.1 Å². The summed E-state index contributed by atoms with van der Waals surface area (Å²) < 4.78 is 1.07. The smallest absolute Gasteiger partial charge is 0.165 e. The van der Waals surface area contributed by atoms with E-state index in [1.165, 1.54) is 5.56 Å². The molecule has 3 rings (SSSR count). The monoisotopic (exact) mass is 315 g/mol. The van der Waals surface area contributed by atoms with Crippen LogP contribution in [0, 0.1) is 6.92 Å². The number of pyridine rings is 1. The number of ketones is 1. The number of nitrogens with zero attached hydrogens (tertiary/aromatic N) is 1. The summed E-state index contributed by atoms with van der Waals surface area (Å²) in [6.07, 6.45) is 3.21. The van der Waals surface area contributed by atoms with Crippen LogP contribution in [0.25, 0.3) is 0 Å². The summed E-state index contributed by atoms with van der Waals surface area (Å²) in [6.45, 7) is 1.98. The number of hydrogen-bond donors (Lipinski definition) is 0. The van der Waals surface area contributed by atoms with E-state index in [2.05, 4.69) is 27.0 Å². The number of carbonyl (C=O) groups excluding carboxylic acids is 1. The highest BCUT2D eigenvalue weighted by Crippen LogP contribution is 2.35. The Morgan fingerprint density at radius 3 is 2.79 bits per heavy atom. The summed E-state index contributed by atoms with van der Waals surface area (Å²) in [4.78, 5) is 16.7. The van der Waals surface area contributed by atoms with E-state index in [0.29, 0.717) is 6.42 Å². The van der Waals surface area contributed by atoms with Crippen molar-refractivity contribution in [3.8, 4) is 0 Å². The van der Waals surface area contributed by atoms with Crippen molar-refractivity contribution in [1.82, 2.24) is 4.98 Å². The van der Waals surface area contributed by atoms with Crippen LogP contribution in [-0.2, 0) is 6.42 Å². The molecule has 1 heterocycles. The molecule has 3 heteroatoms. The lowest BCUT2D eigenvalue weighted by atomic mass is 9.80. The fraction of sp³-hybridized carbons (Fsp3) is 0.250. The Bertz CT molecular complexity index is 651. The molecule has 2 aromatic rings. The zero-order chi connectivity index (χ0) is 13.4. The molecule has 0 aliphatic heterocycles. The van der Waals surface area contributed by atoms with E-state index < -0.39 is 0 Å². The first kappa shape index (κ1) is 12.5. The molecule has 1 aromatic carbocycles. The van der Waals surface area contributed by atoms with Gasteiger partial charge in [0.05, 0.1) is 5.69 Å². The number of hydrogen-bond acceptors (Lipinski definition) is 2. The molecule has 0 fully saturated rings. The normalized spacial score (nSPS) is 18.2. The lowest BCUT2D eigenvalue weighted by molar-refractivity contribution is 0.0962. The van der Waals surface area contributed by atoms with Crippen LogP contribution in [0.1, 0.15) is 39.5 Å². The van der Waals surface area contributed by atoms with E-state index in [4.69, 9.17) is 0 Å². The van der Waals surface area contributed by atoms with Gasteiger partial charge >= 0.3 is 0 Å². The zero-order valence-corrected chi connectivity index (χ0v) is 12.3. The minimum atomic E-state index is 0.215.